The first-order valence-electron chi connectivity index (χ1n) is 10.1. The Morgan fingerprint density at radius 1 is 1.16 bits per heavy atom. The third-order valence-electron chi connectivity index (χ3n) is 5.17. The maximum atomic E-state index is 13.9. The van der Waals surface area contributed by atoms with Gasteiger partial charge < -0.3 is 9.26 Å². The zero-order valence-corrected chi connectivity index (χ0v) is 19.1. The summed E-state index contributed by atoms with van der Waals surface area (Å²) in [5, 5.41) is 3.73. The second-order valence-corrected chi connectivity index (χ2v) is 9.16. The van der Waals surface area contributed by atoms with Crippen molar-refractivity contribution >= 4 is 10.0 Å². The Balaban J connectivity index is 1.98. The molecule has 1 N–H and O–H groups in total. The third kappa shape index (κ3) is 4.80. The minimum atomic E-state index is -3.81. The van der Waals surface area contributed by atoms with Gasteiger partial charge in [0.15, 0.2) is 5.76 Å². The molecule has 3 aromatic rings. The fourth-order valence-corrected chi connectivity index (χ4v) is 5.29. The van der Waals surface area contributed by atoms with Gasteiger partial charge in [0, 0.05) is 11.6 Å². The van der Waals surface area contributed by atoms with E-state index in [4.69, 9.17) is 9.26 Å². The molecule has 3 rings (SSSR count). The van der Waals surface area contributed by atoms with E-state index in [1.807, 2.05) is 18.2 Å². The molecule has 0 amide bonds. The number of nitrogens with one attached hydrogen (secondary N) is 1. The normalized spacial score (nSPS) is 12.7. The van der Waals surface area contributed by atoms with Gasteiger partial charge in [-0.25, -0.2) is 17.5 Å². The number of ether oxygens (including phenoxy) is 1. The number of aromatic nitrogens is 1. The van der Waals surface area contributed by atoms with Crippen molar-refractivity contribution in [1.82, 2.24) is 9.88 Å². The number of rotatable bonds is 8. The predicted octanol–water partition coefficient (Wildman–Crippen LogP) is 5.10. The van der Waals surface area contributed by atoms with E-state index in [0.717, 1.165) is 29.5 Å². The summed E-state index contributed by atoms with van der Waals surface area (Å²) >= 11 is 0. The van der Waals surface area contributed by atoms with Crippen molar-refractivity contribution in [3.8, 4) is 16.9 Å². The number of nitrogens with zero attached hydrogens (tertiary/aromatic N) is 1. The molecule has 8 heteroatoms. The second kappa shape index (κ2) is 9.20. The van der Waals surface area contributed by atoms with Crippen LogP contribution in [-0.2, 0) is 16.4 Å². The van der Waals surface area contributed by atoms with E-state index in [0.29, 0.717) is 17.0 Å². The van der Waals surface area contributed by atoms with Crippen molar-refractivity contribution < 1.29 is 22.1 Å². The molecule has 166 valence electrons. The van der Waals surface area contributed by atoms with Crippen molar-refractivity contribution in [2.75, 3.05) is 7.11 Å². The van der Waals surface area contributed by atoms with Crippen LogP contribution >= 0.6 is 0 Å². The summed E-state index contributed by atoms with van der Waals surface area (Å²) < 4.78 is 52.8. The van der Waals surface area contributed by atoms with E-state index in [1.165, 1.54) is 12.1 Å². The number of hydrogen-bond donors (Lipinski definition) is 1. The van der Waals surface area contributed by atoms with Crippen LogP contribution in [0.2, 0.25) is 0 Å². The highest BCUT2D eigenvalue weighted by atomic mass is 32.2. The standard InChI is InChI=1S/C23H27FN2O4S/c1-6-7-18-12-17(8-10-20(18)21-13-19(24)9-11-22(21)29-5)14(2)26-31(27,28)23-15(3)25-30-16(23)4/h8-14,26H,6-7H2,1-5H3. The third-order valence-corrected chi connectivity index (χ3v) is 6.95. The molecular formula is C23H27FN2O4S. The van der Waals surface area contributed by atoms with Gasteiger partial charge in [0.2, 0.25) is 10.0 Å². The molecule has 0 aliphatic rings. The Hall–Kier alpha value is -2.71. The highest BCUT2D eigenvalue weighted by molar-refractivity contribution is 7.89. The molecule has 2 aromatic carbocycles. The van der Waals surface area contributed by atoms with Crippen LogP contribution in [0.15, 0.2) is 45.8 Å². The van der Waals surface area contributed by atoms with Gasteiger partial charge >= 0.3 is 0 Å². The van der Waals surface area contributed by atoms with Crippen LogP contribution in [-0.4, -0.2) is 20.7 Å². The van der Waals surface area contributed by atoms with E-state index in [1.54, 1.807) is 33.9 Å². The zero-order valence-electron chi connectivity index (χ0n) is 18.3. The van der Waals surface area contributed by atoms with Crippen LogP contribution in [0.3, 0.4) is 0 Å². The molecule has 1 atom stereocenters. The molecule has 0 aliphatic carbocycles. The minimum Gasteiger partial charge on any atom is -0.496 e. The van der Waals surface area contributed by atoms with Gasteiger partial charge in [-0.1, -0.05) is 36.7 Å². The fraction of sp³-hybridized carbons (Fsp3) is 0.348. The molecule has 0 aliphatic heterocycles. The predicted molar refractivity (Wildman–Crippen MR) is 117 cm³/mol. The minimum absolute atomic E-state index is 0.0641. The largest absolute Gasteiger partial charge is 0.496 e. The van der Waals surface area contributed by atoms with Gasteiger partial charge in [0.1, 0.15) is 22.2 Å². The van der Waals surface area contributed by atoms with Crippen LogP contribution < -0.4 is 9.46 Å². The highest BCUT2D eigenvalue weighted by Crippen LogP contribution is 2.35. The number of sulfonamides is 1. The van der Waals surface area contributed by atoms with Gasteiger partial charge in [0.05, 0.1) is 7.11 Å². The Morgan fingerprint density at radius 2 is 1.90 bits per heavy atom. The van der Waals surface area contributed by atoms with Crippen molar-refractivity contribution in [3.05, 3.63) is 64.8 Å². The van der Waals surface area contributed by atoms with Gasteiger partial charge in [-0.15, -0.1) is 0 Å². The fourth-order valence-electron chi connectivity index (χ4n) is 3.73. The average Bonchev–Trinajstić information content (AvgIpc) is 3.06. The Kier molecular flexibility index (Phi) is 6.81. The van der Waals surface area contributed by atoms with Crippen LogP contribution in [0.1, 0.15) is 48.9 Å². The van der Waals surface area contributed by atoms with E-state index in [9.17, 15) is 12.8 Å². The van der Waals surface area contributed by atoms with E-state index in [2.05, 4.69) is 16.8 Å². The molecule has 1 heterocycles. The summed E-state index contributed by atoms with van der Waals surface area (Å²) in [4.78, 5) is 0.0641. The molecule has 0 radical (unpaired) electrons. The summed E-state index contributed by atoms with van der Waals surface area (Å²) in [5.74, 6) is 0.485. The van der Waals surface area contributed by atoms with Crippen LogP contribution in [0.5, 0.6) is 5.75 Å². The molecular weight excluding hydrogens is 419 g/mol. The van der Waals surface area contributed by atoms with Gasteiger partial charge in [-0.3, -0.25) is 0 Å². The van der Waals surface area contributed by atoms with Crippen LogP contribution in [0, 0.1) is 19.7 Å². The smallest absolute Gasteiger partial charge is 0.246 e. The van der Waals surface area contributed by atoms with Crippen molar-refractivity contribution in [2.45, 2.75) is 51.5 Å². The Morgan fingerprint density at radius 3 is 2.52 bits per heavy atom. The summed E-state index contributed by atoms with van der Waals surface area (Å²) in [5.41, 5.74) is 3.65. The summed E-state index contributed by atoms with van der Waals surface area (Å²) in [6, 6.07) is 9.63. The van der Waals surface area contributed by atoms with Crippen LogP contribution in [0.4, 0.5) is 4.39 Å². The van der Waals surface area contributed by atoms with E-state index in [-0.39, 0.29) is 16.5 Å². The first kappa shape index (κ1) is 23.0. The van der Waals surface area contributed by atoms with E-state index < -0.39 is 16.1 Å². The number of halogens is 1. The lowest BCUT2D eigenvalue weighted by Crippen LogP contribution is -2.27. The molecule has 1 unspecified atom stereocenters. The van der Waals surface area contributed by atoms with Crippen molar-refractivity contribution in [3.63, 3.8) is 0 Å². The lowest BCUT2D eigenvalue weighted by molar-refractivity contribution is 0.390. The molecule has 0 bridgehead atoms. The lowest BCUT2D eigenvalue weighted by atomic mass is 9.93. The Labute approximate surface area is 182 Å². The quantitative estimate of drug-likeness (QED) is 0.521. The maximum absolute atomic E-state index is 13.9. The van der Waals surface area contributed by atoms with Gasteiger partial charge in [-0.05, 0) is 62.1 Å². The molecule has 0 saturated carbocycles. The SMILES string of the molecule is CCCc1cc(C(C)NS(=O)(=O)c2c(C)noc2C)ccc1-c1cc(F)ccc1OC. The van der Waals surface area contributed by atoms with Gasteiger partial charge in [-0.2, -0.15) is 0 Å². The topological polar surface area (TPSA) is 81.4 Å². The number of benzene rings is 2. The number of methoxy groups -OCH3 is 1. The second-order valence-electron chi connectivity index (χ2n) is 7.51. The number of hydrogen-bond acceptors (Lipinski definition) is 5. The summed E-state index contributed by atoms with van der Waals surface area (Å²) in [6.07, 6.45) is 1.64. The first-order valence-corrected chi connectivity index (χ1v) is 11.6. The Bertz CT molecular complexity index is 1170. The van der Waals surface area contributed by atoms with Crippen molar-refractivity contribution in [2.24, 2.45) is 0 Å². The molecule has 6 nitrogen and oxygen atoms in total. The molecule has 31 heavy (non-hydrogen) atoms. The molecule has 1 aromatic heterocycles. The molecule has 0 fully saturated rings. The van der Waals surface area contributed by atoms with Gasteiger partial charge in [0.25, 0.3) is 0 Å². The first-order chi connectivity index (χ1) is 14.7. The van der Waals surface area contributed by atoms with Crippen molar-refractivity contribution in [1.29, 1.82) is 0 Å². The number of aryl methyl sites for hydroxylation is 3. The molecule has 0 saturated heterocycles. The zero-order chi connectivity index (χ0) is 22.8. The van der Waals surface area contributed by atoms with Crippen LogP contribution in [0.25, 0.3) is 11.1 Å². The highest BCUT2D eigenvalue weighted by Gasteiger charge is 2.26. The lowest BCUT2D eigenvalue weighted by Gasteiger charge is -2.18. The summed E-state index contributed by atoms with van der Waals surface area (Å²) in [7, 11) is -2.25. The maximum Gasteiger partial charge on any atom is 0.246 e. The monoisotopic (exact) mass is 446 g/mol. The summed E-state index contributed by atoms with van der Waals surface area (Å²) in [6.45, 7) is 7.00. The average molecular weight is 447 g/mol. The molecule has 0 spiro atoms. The van der Waals surface area contributed by atoms with E-state index >= 15 is 0 Å².